The molecular weight excluding hydrogens is 271 g/mol. The maximum absolute atomic E-state index is 10.6. The molecule has 0 saturated heterocycles. The zero-order valence-electron chi connectivity index (χ0n) is 7.65. The lowest BCUT2D eigenvalue weighted by molar-refractivity contribution is 0.0696. The van der Waals surface area contributed by atoms with Gasteiger partial charge in [0, 0.05) is 5.56 Å². The maximum atomic E-state index is 10.6. The molecule has 2 aromatic rings. The first-order valence-electron chi connectivity index (χ1n) is 4.10. The summed E-state index contributed by atoms with van der Waals surface area (Å²) in [6, 6.07) is 4.89. The second kappa shape index (κ2) is 4.37. The number of benzene rings is 1. The zero-order chi connectivity index (χ0) is 11.7. The summed E-state index contributed by atoms with van der Waals surface area (Å²) in [5, 5.41) is 9.46. The van der Waals surface area contributed by atoms with Gasteiger partial charge in [0.15, 0.2) is 5.82 Å². The molecule has 1 N–H and O–H groups in total. The van der Waals surface area contributed by atoms with Crippen molar-refractivity contribution in [1.29, 1.82) is 0 Å². The number of hydrogen-bond donors (Lipinski definition) is 1. The number of carboxylic acid groups (broad SMARTS) is 1. The third-order valence-corrected chi connectivity index (χ3v) is 3.23. The van der Waals surface area contributed by atoms with Crippen LogP contribution >= 0.6 is 34.7 Å². The highest BCUT2D eigenvalue weighted by Crippen LogP contribution is 2.27. The second-order valence-corrected chi connectivity index (χ2v) is 4.42. The van der Waals surface area contributed by atoms with Crippen LogP contribution in [0.5, 0.6) is 0 Å². The van der Waals surface area contributed by atoms with E-state index in [1.165, 1.54) is 0 Å². The molecule has 0 unspecified atom stereocenters. The van der Waals surface area contributed by atoms with Gasteiger partial charge in [0.2, 0.25) is 5.01 Å². The number of carboxylic acids is 1. The van der Waals surface area contributed by atoms with E-state index in [1.54, 1.807) is 18.2 Å². The van der Waals surface area contributed by atoms with Crippen LogP contribution in [0, 0.1) is 0 Å². The molecule has 0 aliphatic heterocycles. The highest BCUT2D eigenvalue weighted by Gasteiger charge is 2.12. The van der Waals surface area contributed by atoms with Crippen molar-refractivity contribution in [2.45, 2.75) is 0 Å². The fourth-order valence-corrected chi connectivity index (χ4v) is 1.89. The first-order valence-corrected chi connectivity index (χ1v) is 5.63. The van der Waals surface area contributed by atoms with E-state index in [1.807, 2.05) is 0 Å². The maximum Gasteiger partial charge on any atom is 0.366 e. The Hall–Kier alpha value is -1.17. The third-order valence-electron chi connectivity index (χ3n) is 1.79. The molecule has 82 valence electrons. The molecule has 0 saturated carbocycles. The van der Waals surface area contributed by atoms with Crippen LogP contribution in [0.2, 0.25) is 10.0 Å². The van der Waals surface area contributed by atoms with Crippen LogP contribution in [0.4, 0.5) is 0 Å². The molecule has 1 aromatic heterocycles. The van der Waals surface area contributed by atoms with E-state index in [0.717, 1.165) is 11.5 Å². The Morgan fingerprint density at radius 1 is 1.31 bits per heavy atom. The van der Waals surface area contributed by atoms with Gasteiger partial charge < -0.3 is 5.11 Å². The van der Waals surface area contributed by atoms with Crippen LogP contribution in [0.1, 0.15) is 9.80 Å². The zero-order valence-corrected chi connectivity index (χ0v) is 9.97. The van der Waals surface area contributed by atoms with Crippen LogP contribution in [0.15, 0.2) is 18.2 Å². The minimum absolute atomic E-state index is 0.0546. The number of aromatic carboxylic acids is 1. The first kappa shape index (κ1) is 11.3. The van der Waals surface area contributed by atoms with Crippen LogP contribution in [-0.2, 0) is 0 Å². The second-order valence-electron chi connectivity index (χ2n) is 2.86. The van der Waals surface area contributed by atoms with Crippen LogP contribution < -0.4 is 0 Å². The third kappa shape index (κ3) is 2.16. The lowest BCUT2D eigenvalue weighted by Crippen LogP contribution is -1.94. The number of hydrogen-bond acceptors (Lipinski definition) is 4. The van der Waals surface area contributed by atoms with E-state index >= 15 is 0 Å². The van der Waals surface area contributed by atoms with Crippen molar-refractivity contribution < 1.29 is 9.90 Å². The van der Waals surface area contributed by atoms with E-state index in [4.69, 9.17) is 28.3 Å². The lowest BCUT2D eigenvalue weighted by Gasteiger charge is -1.97. The molecule has 0 aliphatic rings. The monoisotopic (exact) mass is 274 g/mol. The molecule has 2 rings (SSSR count). The highest BCUT2D eigenvalue weighted by molar-refractivity contribution is 7.07. The van der Waals surface area contributed by atoms with Gasteiger partial charge in [0.05, 0.1) is 10.0 Å². The number of rotatable bonds is 2. The summed E-state index contributed by atoms with van der Waals surface area (Å²) in [4.78, 5) is 14.5. The fraction of sp³-hybridized carbons (Fsp3) is 0. The molecular formula is C9H4Cl2N2O2S. The summed E-state index contributed by atoms with van der Waals surface area (Å²) in [5.41, 5.74) is 0.637. The molecule has 4 nitrogen and oxygen atoms in total. The van der Waals surface area contributed by atoms with E-state index in [-0.39, 0.29) is 5.01 Å². The van der Waals surface area contributed by atoms with Gasteiger partial charge in [0.1, 0.15) is 0 Å². The van der Waals surface area contributed by atoms with Crippen molar-refractivity contribution in [3.8, 4) is 11.4 Å². The molecule has 0 amide bonds. The highest BCUT2D eigenvalue weighted by atomic mass is 35.5. The average molecular weight is 275 g/mol. The van der Waals surface area contributed by atoms with Gasteiger partial charge in [-0.25, -0.2) is 9.78 Å². The smallest absolute Gasteiger partial charge is 0.366 e. The summed E-state index contributed by atoms with van der Waals surface area (Å²) in [6.07, 6.45) is 0. The molecule has 0 aliphatic carbocycles. The van der Waals surface area contributed by atoms with Gasteiger partial charge in [-0.3, -0.25) is 0 Å². The van der Waals surface area contributed by atoms with Gasteiger partial charge in [0.25, 0.3) is 0 Å². The molecule has 0 fully saturated rings. The molecule has 1 aromatic carbocycles. The topological polar surface area (TPSA) is 63.1 Å². The number of carbonyl (C=O) groups is 1. The molecule has 1 heterocycles. The van der Waals surface area contributed by atoms with Gasteiger partial charge >= 0.3 is 5.97 Å². The Balaban J connectivity index is 2.42. The summed E-state index contributed by atoms with van der Waals surface area (Å²) < 4.78 is 3.93. The molecule has 16 heavy (non-hydrogen) atoms. The summed E-state index contributed by atoms with van der Waals surface area (Å²) >= 11 is 12.4. The van der Waals surface area contributed by atoms with Crippen molar-refractivity contribution in [3.05, 3.63) is 33.3 Å². The van der Waals surface area contributed by atoms with E-state index in [9.17, 15) is 4.79 Å². The Bertz CT molecular complexity index is 556. The average Bonchev–Trinajstić information content (AvgIpc) is 2.71. The standard InChI is InChI=1S/C9H4Cl2N2O2S/c10-5-2-1-4(3-6(5)11)7-12-8(9(14)15)16-13-7/h1-3H,(H,14,15). The number of aromatic nitrogens is 2. The Morgan fingerprint density at radius 2 is 2.06 bits per heavy atom. The molecule has 0 radical (unpaired) electrons. The van der Waals surface area contributed by atoms with Crippen molar-refractivity contribution in [3.63, 3.8) is 0 Å². The molecule has 0 spiro atoms. The van der Waals surface area contributed by atoms with Crippen LogP contribution in [0.25, 0.3) is 11.4 Å². The largest absolute Gasteiger partial charge is 0.476 e. The van der Waals surface area contributed by atoms with Crippen molar-refractivity contribution in [2.24, 2.45) is 0 Å². The molecule has 0 atom stereocenters. The minimum atomic E-state index is -1.09. The van der Waals surface area contributed by atoms with Gasteiger partial charge in [-0.15, -0.1) is 0 Å². The molecule has 0 bridgehead atoms. The SMILES string of the molecule is O=C(O)c1nc(-c2ccc(Cl)c(Cl)c2)ns1. The van der Waals surface area contributed by atoms with E-state index < -0.39 is 5.97 Å². The number of halogens is 2. The van der Waals surface area contributed by atoms with Gasteiger partial charge in [-0.1, -0.05) is 23.2 Å². The van der Waals surface area contributed by atoms with E-state index in [2.05, 4.69) is 9.36 Å². The van der Waals surface area contributed by atoms with Crippen LogP contribution in [0.3, 0.4) is 0 Å². The predicted molar refractivity (Wildman–Crippen MR) is 62.3 cm³/mol. The van der Waals surface area contributed by atoms with Gasteiger partial charge in [-0.2, -0.15) is 4.37 Å². The Kier molecular flexibility index (Phi) is 3.09. The fourth-order valence-electron chi connectivity index (χ4n) is 1.06. The molecule has 7 heteroatoms. The quantitative estimate of drug-likeness (QED) is 0.914. The normalized spacial score (nSPS) is 10.4. The minimum Gasteiger partial charge on any atom is -0.476 e. The van der Waals surface area contributed by atoms with Crippen molar-refractivity contribution in [2.75, 3.05) is 0 Å². The Morgan fingerprint density at radius 3 is 2.62 bits per heavy atom. The number of nitrogens with zero attached hydrogens (tertiary/aromatic N) is 2. The van der Waals surface area contributed by atoms with Gasteiger partial charge in [-0.05, 0) is 29.7 Å². The summed E-state index contributed by atoms with van der Waals surface area (Å²) in [5.74, 6) is -0.759. The first-order chi connectivity index (χ1) is 7.58. The van der Waals surface area contributed by atoms with E-state index in [0.29, 0.717) is 21.4 Å². The Labute approximate surface area is 105 Å². The van der Waals surface area contributed by atoms with Crippen molar-refractivity contribution >= 4 is 40.7 Å². The van der Waals surface area contributed by atoms with Crippen LogP contribution in [-0.4, -0.2) is 20.4 Å². The lowest BCUT2D eigenvalue weighted by atomic mass is 10.2. The van der Waals surface area contributed by atoms with Crippen molar-refractivity contribution in [1.82, 2.24) is 9.36 Å². The predicted octanol–water partition coefficient (Wildman–Crippen LogP) is 3.21. The summed E-state index contributed by atoms with van der Waals surface area (Å²) in [7, 11) is 0. The summed E-state index contributed by atoms with van der Waals surface area (Å²) in [6.45, 7) is 0.